The van der Waals surface area contributed by atoms with Crippen LogP contribution in [0.1, 0.15) is 56.8 Å². The van der Waals surface area contributed by atoms with Crippen LogP contribution in [0.5, 0.6) is 5.75 Å². The van der Waals surface area contributed by atoms with Crippen molar-refractivity contribution in [2.45, 2.75) is 58.8 Å². The second kappa shape index (κ2) is 12.1. The molecule has 3 amide bonds. The number of rotatable bonds is 8. The van der Waals surface area contributed by atoms with Crippen molar-refractivity contribution in [2.24, 2.45) is 5.73 Å². The number of methoxy groups -OCH3 is 1. The van der Waals surface area contributed by atoms with Crippen LogP contribution in [0.15, 0.2) is 18.2 Å². The summed E-state index contributed by atoms with van der Waals surface area (Å²) in [5.74, 6) is -1.15. The van der Waals surface area contributed by atoms with Crippen molar-refractivity contribution in [2.75, 3.05) is 30.5 Å². The maximum absolute atomic E-state index is 13.5. The summed E-state index contributed by atoms with van der Waals surface area (Å²) in [5, 5.41) is 15.6. The van der Waals surface area contributed by atoms with E-state index in [1.807, 2.05) is 26.8 Å². The Bertz CT molecular complexity index is 1580. The number of anilines is 3. The number of nitriles is 1. The number of carbonyl (C=O) groups is 3. The summed E-state index contributed by atoms with van der Waals surface area (Å²) >= 11 is 0.957. The van der Waals surface area contributed by atoms with E-state index in [9.17, 15) is 19.6 Å². The number of nitrogens with zero attached hydrogens (tertiary/aromatic N) is 2. The van der Waals surface area contributed by atoms with E-state index in [0.717, 1.165) is 11.3 Å². The number of hydrogen-bond donors (Lipinski definition) is 5. The summed E-state index contributed by atoms with van der Waals surface area (Å²) in [5.41, 5.74) is 17.5. The monoisotopic (exact) mass is 597 g/mol. The molecule has 0 radical (unpaired) electrons. The third kappa shape index (κ3) is 7.36. The molecule has 0 aliphatic carbocycles. The summed E-state index contributed by atoms with van der Waals surface area (Å²) in [6, 6.07) is 5.68. The number of pyridine rings is 1. The lowest BCUT2D eigenvalue weighted by atomic mass is 9.96. The van der Waals surface area contributed by atoms with E-state index in [4.69, 9.17) is 31.4 Å². The van der Waals surface area contributed by atoms with Crippen LogP contribution >= 0.6 is 11.3 Å². The van der Waals surface area contributed by atoms with Gasteiger partial charge < -0.3 is 42.0 Å². The zero-order valence-electron chi connectivity index (χ0n) is 24.5. The third-order valence-electron chi connectivity index (χ3n) is 5.68. The van der Waals surface area contributed by atoms with Gasteiger partial charge in [0.2, 0.25) is 5.91 Å². The molecule has 0 aliphatic rings. The largest absolute Gasteiger partial charge is 0.495 e. The number of thiophene rings is 1. The number of nitrogen functional groups attached to an aromatic ring is 2. The SMILES string of the molecule is COc1ccc(-c2c(C#N)c(N)nc3sc(C(N)=O)c(N)c23)cc1NC(=O)[C@H](COC(C)(C)C)NC(=O)OC(C)(C)C. The maximum atomic E-state index is 13.5. The van der Waals surface area contributed by atoms with Gasteiger partial charge in [-0.15, -0.1) is 11.3 Å². The summed E-state index contributed by atoms with van der Waals surface area (Å²) in [6.45, 7) is 10.4. The van der Waals surface area contributed by atoms with E-state index in [2.05, 4.69) is 15.6 Å². The molecule has 0 saturated carbocycles. The Balaban J connectivity index is 2.10. The van der Waals surface area contributed by atoms with Crippen molar-refractivity contribution in [3.8, 4) is 22.9 Å². The van der Waals surface area contributed by atoms with Crippen molar-refractivity contribution in [3.05, 3.63) is 28.6 Å². The number of nitrogens with two attached hydrogens (primary N) is 3. The van der Waals surface area contributed by atoms with Gasteiger partial charge in [-0.1, -0.05) is 6.07 Å². The number of ether oxygens (including phenoxy) is 3. The Hall–Kier alpha value is -4.61. The minimum atomic E-state index is -1.14. The predicted molar refractivity (Wildman–Crippen MR) is 161 cm³/mol. The van der Waals surface area contributed by atoms with Crippen molar-refractivity contribution in [3.63, 3.8) is 0 Å². The van der Waals surface area contributed by atoms with Crippen LogP contribution in [0.3, 0.4) is 0 Å². The molecule has 224 valence electrons. The van der Waals surface area contributed by atoms with Gasteiger partial charge in [0.05, 0.1) is 30.7 Å². The number of benzene rings is 1. The second-order valence-electron chi connectivity index (χ2n) is 11.3. The molecule has 0 unspecified atom stereocenters. The molecule has 0 aliphatic heterocycles. The fourth-order valence-corrected chi connectivity index (χ4v) is 4.87. The van der Waals surface area contributed by atoms with Crippen LogP contribution in [0.25, 0.3) is 21.3 Å². The number of amides is 3. The van der Waals surface area contributed by atoms with Crippen LogP contribution in [0.4, 0.5) is 22.0 Å². The maximum Gasteiger partial charge on any atom is 0.408 e. The highest BCUT2D eigenvalue weighted by Crippen LogP contribution is 2.43. The summed E-state index contributed by atoms with van der Waals surface area (Å²) in [7, 11) is 1.42. The average Bonchev–Trinajstić information content (AvgIpc) is 3.19. The molecule has 0 saturated heterocycles. The molecule has 0 bridgehead atoms. The first-order valence-electron chi connectivity index (χ1n) is 12.8. The van der Waals surface area contributed by atoms with Gasteiger partial charge in [0.1, 0.15) is 44.6 Å². The van der Waals surface area contributed by atoms with E-state index in [0.29, 0.717) is 21.3 Å². The molecule has 14 heteroatoms. The molecule has 1 aromatic carbocycles. The third-order valence-corrected chi connectivity index (χ3v) is 6.79. The van der Waals surface area contributed by atoms with Gasteiger partial charge in [-0.3, -0.25) is 9.59 Å². The normalized spacial score (nSPS) is 12.3. The molecule has 0 spiro atoms. The molecule has 2 heterocycles. The van der Waals surface area contributed by atoms with Crippen molar-refractivity contribution in [1.29, 1.82) is 5.26 Å². The minimum absolute atomic E-state index is 0.0218. The number of primary amides is 1. The van der Waals surface area contributed by atoms with Crippen LogP contribution in [0, 0.1) is 11.3 Å². The minimum Gasteiger partial charge on any atom is -0.495 e. The number of hydrogen-bond acceptors (Lipinski definition) is 11. The lowest BCUT2D eigenvalue weighted by molar-refractivity contribution is -0.121. The summed E-state index contributed by atoms with van der Waals surface area (Å²) < 4.78 is 16.6. The van der Waals surface area contributed by atoms with E-state index in [-0.39, 0.29) is 40.0 Å². The van der Waals surface area contributed by atoms with E-state index in [1.54, 1.807) is 39.0 Å². The first kappa shape index (κ1) is 31.9. The van der Waals surface area contributed by atoms with Crippen molar-refractivity contribution < 1.29 is 28.6 Å². The molecular weight excluding hydrogens is 562 g/mol. The van der Waals surface area contributed by atoms with Crippen LogP contribution in [0.2, 0.25) is 0 Å². The van der Waals surface area contributed by atoms with E-state index in [1.165, 1.54) is 7.11 Å². The molecule has 2 aromatic heterocycles. The quantitative estimate of drug-likeness (QED) is 0.253. The summed E-state index contributed by atoms with van der Waals surface area (Å²) in [4.78, 5) is 42.7. The molecule has 13 nitrogen and oxygen atoms in total. The lowest BCUT2D eigenvalue weighted by Gasteiger charge is -2.26. The number of alkyl carbamates (subject to hydrolysis) is 1. The summed E-state index contributed by atoms with van der Waals surface area (Å²) in [6.07, 6.45) is -0.799. The highest BCUT2D eigenvalue weighted by molar-refractivity contribution is 7.21. The number of carbonyl (C=O) groups excluding carboxylic acids is 3. The number of aromatic nitrogens is 1. The molecule has 42 heavy (non-hydrogen) atoms. The van der Waals surface area contributed by atoms with E-state index < -0.39 is 35.2 Å². The zero-order chi connectivity index (χ0) is 31.6. The van der Waals surface area contributed by atoms with Crippen LogP contribution < -0.4 is 32.6 Å². The molecular formula is C28H35N7O6S. The van der Waals surface area contributed by atoms with Crippen LogP contribution in [-0.2, 0) is 14.3 Å². The molecule has 8 N–H and O–H groups in total. The van der Waals surface area contributed by atoms with Gasteiger partial charge in [0, 0.05) is 10.9 Å². The zero-order valence-corrected chi connectivity index (χ0v) is 25.3. The Labute approximate surface area is 247 Å². The van der Waals surface area contributed by atoms with Gasteiger partial charge in [-0.05, 0) is 59.2 Å². The predicted octanol–water partition coefficient (Wildman–Crippen LogP) is 3.75. The van der Waals surface area contributed by atoms with Gasteiger partial charge in [0.25, 0.3) is 5.91 Å². The van der Waals surface area contributed by atoms with Crippen LogP contribution in [-0.4, -0.2) is 53.9 Å². The Morgan fingerprint density at radius 1 is 1.12 bits per heavy atom. The van der Waals surface area contributed by atoms with Gasteiger partial charge >= 0.3 is 6.09 Å². The fraction of sp³-hybridized carbons (Fsp3) is 0.393. The topological polar surface area (TPSA) is 218 Å². The van der Waals surface area contributed by atoms with Crippen molar-refractivity contribution >= 4 is 56.7 Å². The number of nitrogens with one attached hydrogen (secondary N) is 2. The fourth-order valence-electron chi connectivity index (χ4n) is 3.90. The molecule has 3 aromatic rings. The Morgan fingerprint density at radius 2 is 1.79 bits per heavy atom. The van der Waals surface area contributed by atoms with Gasteiger partial charge in [0.15, 0.2) is 0 Å². The average molecular weight is 598 g/mol. The standard InChI is InChI=1S/C28H35N7O6S/c1-27(2,3)40-12-16(34-26(38)41-28(4,5)6)24(37)33-15-10-13(8-9-17(15)39-7)18-14(11-29)22(31)35-25-19(18)20(30)21(42-25)23(32)36/h8-10,16H,12,30H2,1-7H3,(H2,31,35)(H2,32,36)(H,33,37)(H,34,38)/t16-/m0/s1. The number of fused-ring (bicyclic) bond motifs is 1. The van der Waals surface area contributed by atoms with Gasteiger partial charge in [-0.2, -0.15) is 5.26 Å². The molecule has 0 fully saturated rings. The highest BCUT2D eigenvalue weighted by atomic mass is 32.1. The van der Waals surface area contributed by atoms with Gasteiger partial charge in [-0.25, -0.2) is 9.78 Å². The first-order valence-corrected chi connectivity index (χ1v) is 13.6. The molecule has 1 atom stereocenters. The van der Waals surface area contributed by atoms with Crippen molar-refractivity contribution in [1.82, 2.24) is 10.3 Å². The second-order valence-corrected chi connectivity index (χ2v) is 12.3. The Morgan fingerprint density at radius 3 is 2.33 bits per heavy atom. The Kier molecular flexibility index (Phi) is 9.19. The molecule has 3 rings (SSSR count). The lowest BCUT2D eigenvalue weighted by Crippen LogP contribution is -2.49. The first-order chi connectivity index (χ1) is 19.5. The smallest absolute Gasteiger partial charge is 0.408 e. The highest BCUT2D eigenvalue weighted by Gasteiger charge is 2.28. The van der Waals surface area contributed by atoms with E-state index >= 15 is 0 Å².